The van der Waals surface area contributed by atoms with Gasteiger partial charge in [0, 0.05) is 11.4 Å². The first kappa shape index (κ1) is 15.3. The van der Waals surface area contributed by atoms with Gasteiger partial charge >= 0.3 is 5.97 Å². The molecule has 0 spiro atoms. The molecule has 1 N–H and O–H groups in total. The Labute approximate surface area is 135 Å². The second-order valence-corrected chi connectivity index (χ2v) is 6.96. The molecule has 1 aliphatic heterocycles. The molecule has 1 aromatic carbocycles. The SMILES string of the molecule is Cc1csc(C(c2ccccc2C)N2CCCC2C(=O)O)c1. The summed E-state index contributed by atoms with van der Waals surface area (Å²) in [5.41, 5.74) is 3.68. The fourth-order valence-electron chi connectivity index (χ4n) is 3.35. The first-order valence-corrected chi connectivity index (χ1v) is 8.55. The van der Waals surface area contributed by atoms with Gasteiger partial charge in [-0.15, -0.1) is 11.3 Å². The Hall–Kier alpha value is -1.65. The zero-order chi connectivity index (χ0) is 15.7. The summed E-state index contributed by atoms with van der Waals surface area (Å²) >= 11 is 1.73. The Balaban J connectivity index is 2.07. The van der Waals surface area contributed by atoms with Gasteiger partial charge in [-0.1, -0.05) is 24.3 Å². The van der Waals surface area contributed by atoms with Crippen molar-refractivity contribution in [2.75, 3.05) is 6.54 Å². The van der Waals surface area contributed by atoms with Gasteiger partial charge in [0.15, 0.2) is 0 Å². The minimum Gasteiger partial charge on any atom is -0.480 e. The summed E-state index contributed by atoms with van der Waals surface area (Å²) in [5.74, 6) is -0.704. The maximum absolute atomic E-state index is 11.6. The van der Waals surface area contributed by atoms with Crippen molar-refractivity contribution in [3.05, 3.63) is 57.3 Å². The van der Waals surface area contributed by atoms with E-state index in [9.17, 15) is 9.90 Å². The van der Waals surface area contributed by atoms with Crippen molar-refractivity contribution < 1.29 is 9.90 Å². The Morgan fingerprint density at radius 2 is 2.14 bits per heavy atom. The molecule has 2 atom stereocenters. The second kappa shape index (κ2) is 6.23. The molecule has 3 nitrogen and oxygen atoms in total. The molecular weight excluding hydrogens is 294 g/mol. The van der Waals surface area contributed by atoms with Crippen LogP contribution in [0.25, 0.3) is 0 Å². The fourth-order valence-corrected chi connectivity index (χ4v) is 4.38. The molecule has 2 unspecified atom stereocenters. The molecule has 1 aromatic heterocycles. The van der Waals surface area contributed by atoms with Crippen molar-refractivity contribution in [2.45, 2.75) is 38.8 Å². The number of thiophene rings is 1. The number of aliphatic carboxylic acids is 1. The molecule has 4 heteroatoms. The van der Waals surface area contributed by atoms with Crippen molar-refractivity contribution in [2.24, 2.45) is 0 Å². The maximum atomic E-state index is 11.6. The summed E-state index contributed by atoms with van der Waals surface area (Å²) in [6, 6.07) is 10.2. The molecular formula is C18H21NO2S. The standard InChI is InChI=1S/C18H21NO2S/c1-12-10-16(22-11-12)17(14-7-4-3-6-13(14)2)19-9-5-8-15(19)18(20)21/h3-4,6-7,10-11,15,17H,5,8-9H2,1-2H3,(H,20,21). The van der Waals surface area contributed by atoms with Crippen LogP contribution in [0.15, 0.2) is 35.7 Å². The van der Waals surface area contributed by atoms with Gasteiger partial charge in [0.1, 0.15) is 6.04 Å². The lowest BCUT2D eigenvalue weighted by Crippen LogP contribution is -2.39. The highest BCUT2D eigenvalue weighted by Crippen LogP contribution is 2.38. The molecule has 1 saturated heterocycles. The molecule has 0 radical (unpaired) electrons. The predicted molar refractivity (Wildman–Crippen MR) is 89.4 cm³/mol. The van der Waals surface area contributed by atoms with Crippen LogP contribution in [0.2, 0.25) is 0 Å². The van der Waals surface area contributed by atoms with E-state index in [2.05, 4.69) is 42.3 Å². The van der Waals surface area contributed by atoms with Crippen LogP contribution in [0.1, 0.15) is 40.5 Å². The summed E-state index contributed by atoms with van der Waals surface area (Å²) in [6.45, 7) is 5.04. The van der Waals surface area contributed by atoms with Crippen LogP contribution in [0.3, 0.4) is 0 Å². The van der Waals surface area contributed by atoms with Gasteiger partial charge < -0.3 is 5.11 Å². The van der Waals surface area contributed by atoms with Crippen LogP contribution in [0.4, 0.5) is 0 Å². The molecule has 2 aromatic rings. The molecule has 3 rings (SSSR count). The van der Waals surface area contributed by atoms with Crippen LogP contribution in [-0.2, 0) is 4.79 Å². The molecule has 116 valence electrons. The summed E-state index contributed by atoms with van der Waals surface area (Å²) in [4.78, 5) is 15.0. The van der Waals surface area contributed by atoms with E-state index in [0.29, 0.717) is 0 Å². The zero-order valence-electron chi connectivity index (χ0n) is 13.0. The molecule has 2 heterocycles. The molecule has 0 amide bonds. The first-order chi connectivity index (χ1) is 10.6. The third kappa shape index (κ3) is 2.81. The summed E-state index contributed by atoms with van der Waals surface area (Å²) in [7, 11) is 0. The van der Waals surface area contributed by atoms with Crippen LogP contribution in [0.5, 0.6) is 0 Å². The molecule has 22 heavy (non-hydrogen) atoms. The third-order valence-electron chi connectivity index (χ3n) is 4.41. The number of carbonyl (C=O) groups is 1. The van der Waals surface area contributed by atoms with E-state index in [1.54, 1.807) is 11.3 Å². The third-order valence-corrected chi connectivity index (χ3v) is 5.52. The van der Waals surface area contributed by atoms with Crippen molar-refractivity contribution in [1.82, 2.24) is 4.90 Å². The monoisotopic (exact) mass is 315 g/mol. The average molecular weight is 315 g/mol. The number of carboxylic acid groups (broad SMARTS) is 1. The average Bonchev–Trinajstić information content (AvgIpc) is 3.11. The lowest BCUT2D eigenvalue weighted by molar-refractivity contribution is -0.142. The lowest BCUT2D eigenvalue weighted by Gasteiger charge is -2.31. The number of rotatable bonds is 4. The molecule has 0 aliphatic carbocycles. The minimum absolute atomic E-state index is 0.0449. The maximum Gasteiger partial charge on any atom is 0.320 e. The molecule has 1 aliphatic rings. The predicted octanol–water partition coefficient (Wildman–Crippen LogP) is 4.00. The Kier molecular flexibility index (Phi) is 4.32. The topological polar surface area (TPSA) is 40.5 Å². The Morgan fingerprint density at radius 1 is 1.36 bits per heavy atom. The van der Waals surface area contributed by atoms with Crippen molar-refractivity contribution in [3.8, 4) is 0 Å². The van der Waals surface area contributed by atoms with E-state index >= 15 is 0 Å². The van der Waals surface area contributed by atoms with Gasteiger partial charge in [-0.3, -0.25) is 9.69 Å². The molecule has 0 saturated carbocycles. The number of likely N-dealkylation sites (tertiary alicyclic amines) is 1. The smallest absolute Gasteiger partial charge is 0.320 e. The number of hydrogen-bond donors (Lipinski definition) is 1. The second-order valence-electron chi connectivity index (χ2n) is 6.02. The van der Waals surface area contributed by atoms with Crippen LogP contribution in [-0.4, -0.2) is 28.6 Å². The van der Waals surface area contributed by atoms with Crippen LogP contribution < -0.4 is 0 Å². The van der Waals surface area contributed by atoms with Gasteiger partial charge in [0.05, 0.1) is 6.04 Å². The minimum atomic E-state index is -0.704. The number of aryl methyl sites for hydroxylation is 2. The molecule has 0 bridgehead atoms. The number of nitrogens with zero attached hydrogens (tertiary/aromatic N) is 1. The van der Waals surface area contributed by atoms with E-state index in [0.717, 1.165) is 19.4 Å². The van der Waals surface area contributed by atoms with Crippen molar-refractivity contribution in [3.63, 3.8) is 0 Å². The van der Waals surface area contributed by atoms with Gasteiger partial charge in [0.2, 0.25) is 0 Å². The van der Waals surface area contributed by atoms with E-state index in [4.69, 9.17) is 0 Å². The van der Waals surface area contributed by atoms with Crippen molar-refractivity contribution >= 4 is 17.3 Å². The highest BCUT2D eigenvalue weighted by Gasteiger charge is 2.37. The van der Waals surface area contributed by atoms with Gasteiger partial charge in [-0.25, -0.2) is 0 Å². The number of carboxylic acids is 1. The van der Waals surface area contributed by atoms with E-state index in [1.165, 1.54) is 21.6 Å². The Bertz CT molecular complexity index is 679. The van der Waals surface area contributed by atoms with E-state index in [-0.39, 0.29) is 12.1 Å². The number of hydrogen-bond acceptors (Lipinski definition) is 3. The molecule has 1 fully saturated rings. The highest BCUT2D eigenvalue weighted by atomic mass is 32.1. The Morgan fingerprint density at radius 3 is 2.77 bits per heavy atom. The quantitative estimate of drug-likeness (QED) is 0.927. The summed E-state index contributed by atoms with van der Waals surface area (Å²) in [6.07, 6.45) is 1.69. The van der Waals surface area contributed by atoms with Crippen LogP contribution >= 0.6 is 11.3 Å². The summed E-state index contributed by atoms with van der Waals surface area (Å²) in [5, 5.41) is 11.7. The fraction of sp³-hybridized carbons (Fsp3) is 0.389. The largest absolute Gasteiger partial charge is 0.480 e. The van der Waals surface area contributed by atoms with Crippen LogP contribution in [0, 0.1) is 13.8 Å². The first-order valence-electron chi connectivity index (χ1n) is 7.67. The zero-order valence-corrected chi connectivity index (χ0v) is 13.8. The number of benzene rings is 1. The van der Waals surface area contributed by atoms with Crippen molar-refractivity contribution in [1.29, 1.82) is 0 Å². The van der Waals surface area contributed by atoms with Gasteiger partial charge in [-0.2, -0.15) is 0 Å². The van der Waals surface area contributed by atoms with Gasteiger partial charge in [-0.05, 0) is 54.8 Å². The lowest BCUT2D eigenvalue weighted by atomic mass is 9.97. The highest BCUT2D eigenvalue weighted by molar-refractivity contribution is 7.10. The van der Waals surface area contributed by atoms with E-state index in [1.807, 2.05) is 12.1 Å². The normalized spacial score (nSPS) is 20.2. The van der Waals surface area contributed by atoms with E-state index < -0.39 is 5.97 Å². The summed E-state index contributed by atoms with van der Waals surface area (Å²) < 4.78 is 0. The van der Waals surface area contributed by atoms with Gasteiger partial charge in [0.25, 0.3) is 0 Å².